The zero-order chi connectivity index (χ0) is 46.7. The number of hydrogen-bond acceptors (Lipinski definition) is 12. The predicted octanol–water partition coefficient (Wildman–Crippen LogP) is 11.0. The van der Waals surface area contributed by atoms with Crippen LogP contribution in [0.3, 0.4) is 0 Å². The van der Waals surface area contributed by atoms with Crippen LogP contribution in [0.25, 0.3) is 0 Å². The maximum Gasteiger partial charge on any atom is 0.351 e. The number of rotatable bonds is 21. The van der Waals surface area contributed by atoms with Crippen LogP contribution >= 0.6 is 30.1 Å². The zero-order valence-corrected chi connectivity index (χ0v) is 41.6. The number of nitrogens with one attached hydrogen (secondary N) is 1. The van der Waals surface area contributed by atoms with E-state index in [1.54, 1.807) is 37.3 Å². The van der Waals surface area contributed by atoms with Crippen LogP contribution in [0.2, 0.25) is 0 Å². The van der Waals surface area contributed by atoms with E-state index in [0.29, 0.717) is 30.9 Å². The molecule has 6 rings (SSSR count). The summed E-state index contributed by atoms with van der Waals surface area (Å²) in [6, 6.07) is 36.1. The van der Waals surface area contributed by atoms with Gasteiger partial charge >= 0.3 is 5.69 Å². The first kappa shape index (κ1) is 50.2. The zero-order valence-electron chi connectivity index (χ0n) is 39.1. The minimum Gasteiger partial charge on any atom is -0.497 e. The molecule has 0 aliphatic carbocycles. The SMILES string of the molecule is COc1ccc(C(OCC2OC(n3ccc(NC(C)=O)nc3=O)CC2OP(OCCc2ccccc2SSC(C)(C)C)N(C(C)C)C(C)C)(c2ccccc2)c2ccc(OC)cc2)cc1. The second-order valence-electron chi connectivity index (χ2n) is 17.3. The lowest BCUT2D eigenvalue weighted by molar-refractivity contribution is -0.114. The molecule has 4 atom stereocenters. The van der Waals surface area contributed by atoms with Gasteiger partial charge in [-0.3, -0.25) is 9.36 Å². The van der Waals surface area contributed by atoms with Crippen molar-refractivity contribution in [2.75, 3.05) is 32.8 Å². The highest BCUT2D eigenvalue weighted by molar-refractivity contribution is 8.77. The number of carbonyl (C=O) groups is 1. The van der Waals surface area contributed by atoms with Crippen molar-refractivity contribution in [1.29, 1.82) is 0 Å². The number of hydrogen-bond donors (Lipinski definition) is 1. The van der Waals surface area contributed by atoms with Gasteiger partial charge in [-0.15, -0.1) is 0 Å². The fourth-order valence-electron chi connectivity index (χ4n) is 7.73. The third-order valence-corrected chi connectivity index (χ3v) is 16.3. The molecular formula is C50H63N4O8PS2. The van der Waals surface area contributed by atoms with E-state index in [0.717, 1.165) is 16.7 Å². The lowest BCUT2D eigenvalue weighted by atomic mass is 9.80. The number of aromatic nitrogens is 2. The molecule has 1 saturated heterocycles. The second kappa shape index (κ2) is 23.0. The third kappa shape index (κ3) is 13.0. The van der Waals surface area contributed by atoms with E-state index >= 15 is 0 Å². The molecule has 1 aliphatic heterocycles. The number of benzene rings is 4. The Kier molecular flexibility index (Phi) is 17.7. The van der Waals surface area contributed by atoms with Gasteiger partial charge in [0.25, 0.3) is 8.53 Å². The Labute approximate surface area is 393 Å². The number of anilines is 1. The third-order valence-electron chi connectivity index (χ3n) is 10.7. The molecule has 0 radical (unpaired) electrons. The Morgan fingerprint density at radius 2 is 1.45 bits per heavy atom. The van der Waals surface area contributed by atoms with Gasteiger partial charge in [0.05, 0.1) is 33.5 Å². The van der Waals surface area contributed by atoms with Crippen LogP contribution in [-0.2, 0) is 35.3 Å². The molecule has 1 aliphatic rings. The van der Waals surface area contributed by atoms with Crippen molar-refractivity contribution in [2.24, 2.45) is 0 Å². The monoisotopic (exact) mass is 942 g/mol. The molecule has 15 heteroatoms. The van der Waals surface area contributed by atoms with Gasteiger partial charge in [0, 0.05) is 41.3 Å². The first-order valence-corrected chi connectivity index (χ1v) is 25.2. The largest absolute Gasteiger partial charge is 0.497 e. The van der Waals surface area contributed by atoms with E-state index in [1.807, 2.05) is 77.5 Å². The average Bonchev–Trinajstić information content (AvgIpc) is 3.68. The van der Waals surface area contributed by atoms with Crippen LogP contribution in [0.5, 0.6) is 11.5 Å². The Morgan fingerprint density at radius 3 is 2.00 bits per heavy atom. The number of carbonyl (C=O) groups excluding carboxylic acids is 1. The lowest BCUT2D eigenvalue weighted by Gasteiger charge is -2.39. The van der Waals surface area contributed by atoms with E-state index < -0.39 is 38.3 Å². The predicted molar refractivity (Wildman–Crippen MR) is 263 cm³/mol. The molecule has 1 fully saturated rings. The van der Waals surface area contributed by atoms with Crippen LogP contribution in [-0.4, -0.2) is 76.6 Å². The molecular weight excluding hydrogens is 880 g/mol. The maximum absolute atomic E-state index is 13.6. The first-order valence-electron chi connectivity index (χ1n) is 21.9. The van der Waals surface area contributed by atoms with E-state index in [1.165, 1.54) is 21.9 Å². The average molecular weight is 943 g/mol. The summed E-state index contributed by atoms with van der Waals surface area (Å²) in [5.74, 6) is 1.26. The molecule has 1 amide bonds. The van der Waals surface area contributed by atoms with Gasteiger partial charge in [-0.05, 0) is 92.8 Å². The summed E-state index contributed by atoms with van der Waals surface area (Å²) in [5.41, 5.74) is 2.14. The molecule has 0 bridgehead atoms. The van der Waals surface area contributed by atoms with Gasteiger partial charge in [0.2, 0.25) is 5.91 Å². The fourth-order valence-corrected chi connectivity index (χ4v) is 11.7. The molecule has 5 aromatic rings. The van der Waals surface area contributed by atoms with Crippen LogP contribution in [0.4, 0.5) is 5.82 Å². The van der Waals surface area contributed by atoms with Crippen molar-refractivity contribution in [3.05, 3.63) is 148 Å². The molecule has 1 aromatic heterocycles. The number of methoxy groups -OCH3 is 2. The van der Waals surface area contributed by atoms with Crippen molar-refractivity contribution < 1.29 is 32.8 Å². The quantitative estimate of drug-likeness (QED) is 0.0428. The second-order valence-corrected chi connectivity index (χ2v) is 21.7. The van der Waals surface area contributed by atoms with Gasteiger partial charge in [-0.25, -0.2) is 9.46 Å². The van der Waals surface area contributed by atoms with Crippen molar-refractivity contribution in [3.8, 4) is 11.5 Å². The number of amides is 1. The molecule has 348 valence electrons. The topological polar surface area (TPSA) is 123 Å². The van der Waals surface area contributed by atoms with Crippen molar-refractivity contribution in [2.45, 2.75) is 114 Å². The van der Waals surface area contributed by atoms with Crippen LogP contribution in [0, 0.1) is 0 Å². The molecule has 65 heavy (non-hydrogen) atoms. The Bertz CT molecular complexity index is 2290. The molecule has 1 N–H and O–H groups in total. The molecule has 12 nitrogen and oxygen atoms in total. The first-order chi connectivity index (χ1) is 31.1. The molecule has 0 spiro atoms. The summed E-state index contributed by atoms with van der Waals surface area (Å²) in [5, 5.41) is 2.60. The van der Waals surface area contributed by atoms with Crippen LogP contribution < -0.4 is 20.5 Å². The smallest absolute Gasteiger partial charge is 0.351 e. The van der Waals surface area contributed by atoms with Gasteiger partial charge < -0.3 is 33.3 Å². The minimum absolute atomic E-state index is 0.0584. The molecule has 2 heterocycles. The highest BCUT2D eigenvalue weighted by Gasteiger charge is 2.45. The van der Waals surface area contributed by atoms with Crippen molar-refractivity contribution in [1.82, 2.24) is 14.2 Å². The summed E-state index contributed by atoms with van der Waals surface area (Å²) in [7, 11) is 5.27. The van der Waals surface area contributed by atoms with E-state index in [9.17, 15) is 9.59 Å². The van der Waals surface area contributed by atoms with E-state index in [-0.39, 0.29) is 35.2 Å². The molecule has 4 aromatic carbocycles. The highest BCUT2D eigenvalue weighted by atomic mass is 33.1. The number of nitrogens with zero attached hydrogens (tertiary/aromatic N) is 3. The van der Waals surface area contributed by atoms with Gasteiger partial charge in [-0.1, -0.05) is 115 Å². The van der Waals surface area contributed by atoms with Gasteiger partial charge in [0.1, 0.15) is 35.2 Å². The Hall–Kier alpha value is -4.24. The van der Waals surface area contributed by atoms with Crippen LogP contribution in [0.1, 0.15) is 90.3 Å². The van der Waals surface area contributed by atoms with Crippen LogP contribution in [0.15, 0.2) is 125 Å². The summed E-state index contributed by atoms with van der Waals surface area (Å²) < 4.78 is 43.3. The fraction of sp³-hybridized carbons (Fsp3) is 0.420. The van der Waals surface area contributed by atoms with Crippen molar-refractivity contribution in [3.63, 3.8) is 0 Å². The minimum atomic E-state index is -1.66. The normalized spacial score (nSPS) is 17.2. The Balaban J connectivity index is 1.38. The van der Waals surface area contributed by atoms with E-state index in [4.69, 9.17) is 28.0 Å². The summed E-state index contributed by atoms with van der Waals surface area (Å²) in [6.45, 7) is 17.1. The van der Waals surface area contributed by atoms with E-state index in [2.05, 4.69) is 99.8 Å². The van der Waals surface area contributed by atoms with Crippen molar-refractivity contribution >= 4 is 41.8 Å². The summed E-state index contributed by atoms with van der Waals surface area (Å²) in [6.07, 6.45) is 0.564. The summed E-state index contributed by atoms with van der Waals surface area (Å²) in [4.78, 5) is 30.8. The summed E-state index contributed by atoms with van der Waals surface area (Å²) >= 11 is 0. The van der Waals surface area contributed by atoms with Gasteiger partial charge in [0.15, 0.2) is 0 Å². The highest BCUT2D eigenvalue weighted by Crippen LogP contribution is 2.51. The standard InChI is InChI=1S/C50H63N4O8PS2/c1-34(2)54(35(3)4)63(60-31-29-37-16-14-15-19-45(37)64-65-49(6,7)8)62-43-32-47(53-30-28-46(51-36(5)55)52-48(53)56)61-44(43)33-59-50(38-17-12-11-13-18-38,39-20-24-41(57-9)25-21-39)40-22-26-42(58-10)27-23-40/h11-28,30,34-35,43-44,47H,29,31-33H2,1-10H3,(H,51,52,55,56). The molecule has 4 unspecified atom stereocenters. The Morgan fingerprint density at radius 1 is 0.862 bits per heavy atom. The number of ether oxygens (including phenoxy) is 4. The lowest BCUT2D eigenvalue weighted by Crippen LogP contribution is -2.39. The maximum atomic E-state index is 13.6. The molecule has 0 saturated carbocycles. The van der Waals surface area contributed by atoms with Gasteiger partial charge in [-0.2, -0.15) is 4.98 Å².